The number of rotatable bonds is 7. The second kappa shape index (κ2) is 9.76. The van der Waals surface area contributed by atoms with Gasteiger partial charge in [-0.2, -0.15) is 0 Å². The maximum absolute atomic E-state index is 12.5. The van der Waals surface area contributed by atoms with Crippen molar-refractivity contribution >= 4 is 17.6 Å². The third-order valence-corrected chi connectivity index (χ3v) is 4.82. The van der Waals surface area contributed by atoms with E-state index >= 15 is 0 Å². The Morgan fingerprint density at radius 1 is 1.04 bits per heavy atom. The van der Waals surface area contributed by atoms with Crippen molar-refractivity contribution in [2.45, 2.75) is 25.7 Å². The highest BCUT2D eigenvalue weighted by Gasteiger charge is 2.23. The van der Waals surface area contributed by atoms with Gasteiger partial charge in [0.25, 0.3) is 0 Å². The second-order valence-corrected chi connectivity index (χ2v) is 6.69. The lowest BCUT2D eigenvalue weighted by molar-refractivity contribution is -0.118. The summed E-state index contributed by atoms with van der Waals surface area (Å²) in [5.74, 6) is 0.985. The molecule has 0 radical (unpaired) electrons. The first kappa shape index (κ1) is 19.0. The minimum absolute atomic E-state index is 0.203. The van der Waals surface area contributed by atoms with Crippen molar-refractivity contribution < 1.29 is 4.79 Å². The fourth-order valence-electron chi connectivity index (χ4n) is 3.37. The van der Waals surface area contributed by atoms with Crippen LogP contribution in [0.3, 0.4) is 0 Å². The van der Waals surface area contributed by atoms with Crippen molar-refractivity contribution in [3.8, 4) is 0 Å². The zero-order chi connectivity index (χ0) is 18.9. The van der Waals surface area contributed by atoms with E-state index in [-0.39, 0.29) is 5.91 Å². The number of fused-ring (bicyclic) bond motifs is 1. The van der Waals surface area contributed by atoms with E-state index in [4.69, 9.17) is 0 Å². The number of anilines is 1. The van der Waals surface area contributed by atoms with Crippen LogP contribution in [-0.2, 0) is 17.6 Å². The van der Waals surface area contributed by atoms with E-state index in [9.17, 15) is 4.79 Å². The quantitative estimate of drug-likeness (QED) is 0.451. The fourth-order valence-corrected chi connectivity index (χ4v) is 3.37. The van der Waals surface area contributed by atoms with Gasteiger partial charge in [0.2, 0.25) is 5.91 Å². The molecule has 1 aliphatic heterocycles. The molecular formula is C22H28N4O. The molecular weight excluding hydrogens is 336 g/mol. The molecule has 5 heteroatoms. The average Bonchev–Trinajstić information content (AvgIpc) is 3.14. The van der Waals surface area contributed by atoms with Gasteiger partial charge in [-0.05, 0) is 36.5 Å². The van der Waals surface area contributed by atoms with E-state index in [1.54, 1.807) is 7.05 Å². The zero-order valence-electron chi connectivity index (χ0n) is 15.9. The van der Waals surface area contributed by atoms with Crippen molar-refractivity contribution in [3.05, 3.63) is 65.7 Å². The maximum Gasteiger partial charge on any atom is 0.227 e. The zero-order valence-corrected chi connectivity index (χ0v) is 15.9. The predicted molar refractivity (Wildman–Crippen MR) is 111 cm³/mol. The molecule has 0 saturated carbocycles. The van der Waals surface area contributed by atoms with Crippen LogP contribution in [0.5, 0.6) is 0 Å². The number of amides is 1. The predicted octanol–water partition coefficient (Wildman–Crippen LogP) is 2.76. The van der Waals surface area contributed by atoms with Crippen LogP contribution in [0, 0.1) is 0 Å². The average molecular weight is 364 g/mol. The number of carbonyl (C=O) groups excluding carboxylic acids is 1. The lowest BCUT2D eigenvalue weighted by Gasteiger charge is -2.17. The minimum atomic E-state index is 0.203. The minimum Gasteiger partial charge on any atom is -0.356 e. The number of para-hydroxylation sites is 1. The summed E-state index contributed by atoms with van der Waals surface area (Å²) >= 11 is 0. The van der Waals surface area contributed by atoms with Gasteiger partial charge in [0.05, 0.1) is 0 Å². The Labute approximate surface area is 161 Å². The topological polar surface area (TPSA) is 56.7 Å². The van der Waals surface area contributed by atoms with E-state index in [0.717, 1.165) is 50.5 Å². The molecule has 1 amide bonds. The van der Waals surface area contributed by atoms with Crippen molar-refractivity contribution in [2.24, 2.45) is 4.99 Å². The molecule has 2 aromatic rings. The van der Waals surface area contributed by atoms with Crippen LogP contribution in [0.2, 0.25) is 0 Å². The van der Waals surface area contributed by atoms with Gasteiger partial charge in [0.1, 0.15) is 0 Å². The molecule has 0 fully saturated rings. The molecule has 142 valence electrons. The standard InChI is InChI=1S/C22H28N4O/c1-23-22(25-16-13-18-8-3-2-4-9-18)24-15-7-12-21(27)26-17-14-19-10-5-6-11-20(19)26/h2-6,8-11H,7,12-17H2,1H3,(H2,23,24,25). The summed E-state index contributed by atoms with van der Waals surface area (Å²) in [6, 6.07) is 18.6. The summed E-state index contributed by atoms with van der Waals surface area (Å²) in [6.45, 7) is 2.35. The van der Waals surface area contributed by atoms with Crippen molar-refractivity contribution in [1.29, 1.82) is 0 Å². The van der Waals surface area contributed by atoms with Crippen molar-refractivity contribution in [3.63, 3.8) is 0 Å². The summed E-state index contributed by atoms with van der Waals surface area (Å²) in [4.78, 5) is 18.7. The molecule has 0 bridgehead atoms. The molecule has 1 heterocycles. The first-order valence-corrected chi connectivity index (χ1v) is 9.64. The van der Waals surface area contributed by atoms with Gasteiger partial charge in [-0.25, -0.2) is 0 Å². The van der Waals surface area contributed by atoms with Gasteiger partial charge >= 0.3 is 0 Å². The Morgan fingerprint density at radius 2 is 1.78 bits per heavy atom. The molecule has 1 aliphatic rings. The van der Waals surface area contributed by atoms with Crippen molar-refractivity contribution in [2.75, 3.05) is 31.6 Å². The van der Waals surface area contributed by atoms with Gasteiger partial charge in [0, 0.05) is 38.8 Å². The van der Waals surface area contributed by atoms with Crippen LogP contribution in [0.25, 0.3) is 0 Å². The van der Waals surface area contributed by atoms with Gasteiger partial charge < -0.3 is 15.5 Å². The number of aliphatic imine (C=N–C) groups is 1. The highest BCUT2D eigenvalue weighted by molar-refractivity contribution is 5.95. The Bertz CT molecular complexity index is 773. The van der Waals surface area contributed by atoms with Crippen LogP contribution < -0.4 is 15.5 Å². The second-order valence-electron chi connectivity index (χ2n) is 6.69. The summed E-state index contributed by atoms with van der Waals surface area (Å²) in [6.07, 6.45) is 3.24. The van der Waals surface area contributed by atoms with E-state index < -0.39 is 0 Å². The van der Waals surface area contributed by atoms with E-state index in [1.807, 2.05) is 29.2 Å². The molecule has 5 nitrogen and oxygen atoms in total. The van der Waals surface area contributed by atoms with Crippen LogP contribution in [0.4, 0.5) is 5.69 Å². The summed E-state index contributed by atoms with van der Waals surface area (Å²) in [7, 11) is 1.77. The molecule has 0 aliphatic carbocycles. The van der Waals surface area contributed by atoms with E-state index in [0.29, 0.717) is 6.42 Å². The highest BCUT2D eigenvalue weighted by Crippen LogP contribution is 2.27. The molecule has 0 aromatic heterocycles. The number of nitrogens with one attached hydrogen (secondary N) is 2. The Hall–Kier alpha value is -2.82. The fraction of sp³-hybridized carbons (Fsp3) is 0.364. The maximum atomic E-state index is 12.5. The molecule has 2 N–H and O–H groups in total. The Balaban J connectivity index is 1.35. The molecule has 3 rings (SSSR count). The lowest BCUT2D eigenvalue weighted by Crippen LogP contribution is -2.39. The number of hydrogen-bond acceptors (Lipinski definition) is 2. The van der Waals surface area contributed by atoms with Gasteiger partial charge in [-0.15, -0.1) is 0 Å². The van der Waals surface area contributed by atoms with Crippen LogP contribution in [0.15, 0.2) is 59.6 Å². The first-order valence-electron chi connectivity index (χ1n) is 9.64. The van der Waals surface area contributed by atoms with Crippen LogP contribution >= 0.6 is 0 Å². The first-order chi connectivity index (χ1) is 13.3. The Kier molecular flexibility index (Phi) is 6.85. The van der Waals surface area contributed by atoms with Gasteiger partial charge in [0.15, 0.2) is 5.96 Å². The SMILES string of the molecule is CN=C(NCCCC(=O)N1CCc2ccccc21)NCCc1ccccc1. The monoisotopic (exact) mass is 364 g/mol. The highest BCUT2D eigenvalue weighted by atomic mass is 16.2. The molecule has 0 spiro atoms. The van der Waals surface area contributed by atoms with Crippen molar-refractivity contribution in [1.82, 2.24) is 10.6 Å². The largest absolute Gasteiger partial charge is 0.356 e. The number of guanidine groups is 1. The van der Waals surface area contributed by atoms with E-state index in [2.05, 4.69) is 46.0 Å². The van der Waals surface area contributed by atoms with Gasteiger partial charge in [-0.1, -0.05) is 48.5 Å². The smallest absolute Gasteiger partial charge is 0.227 e. The summed E-state index contributed by atoms with van der Waals surface area (Å²) < 4.78 is 0. The third-order valence-electron chi connectivity index (χ3n) is 4.82. The van der Waals surface area contributed by atoms with E-state index in [1.165, 1.54) is 11.1 Å². The van der Waals surface area contributed by atoms with Crippen LogP contribution in [-0.4, -0.2) is 38.5 Å². The molecule has 2 aromatic carbocycles. The lowest BCUT2D eigenvalue weighted by atomic mass is 10.1. The van der Waals surface area contributed by atoms with Gasteiger partial charge in [-0.3, -0.25) is 9.79 Å². The summed E-state index contributed by atoms with van der Waals surface area (Å²) in [5, 5.41) is 6.61. The number of nitrogens with zero attached hydrogens (tertiary/aromatic N) is 2. The normalized spacial score (nSPS) is 13.4. The molecule has 0 unspecified atom stereocenters. The third kappa shape index (κ3) is 5.33. The number of carbonyl (C=O) groups is 1. The molecule has 0 atom stereocenters. The molecule has 0 saturated heterocycles. The number of benzene rings is 2. The number of hydrogen-bond donors (Lipinski definition) is 2. The summed E-state index contributed by atoms with van der Waals surface area (Å²) in [5.41, 5.74) is 3.65. The molecule has 27 heavy (non-hydrogen) atoms. The van der Waals surface area contributed by atoms with Crippen LogP contribution in [0.1, 0.15) is 24.0 Å². The Morgan fingerprint density at radius 3 is 2.59 bits per heavy atom.